The van der Waals surface area contributed by atoms with E-state index in [-0.39, 0.29) is 44.5 Å². The molecule has 0 fully saturated rings. The van der Waals surface area contributed by atoms with Gasteiger partial charge in [-0.15, -0.1) is 0 Å². The third kappa shape index (κ3) is 3.47. The molecule has 32 heavy (non-hydrogen) atoms. The van der Waals surface area contributed by atoms with Crippen LogP contribution >= 0.6 is 0 Å². The zero-order valence-electron chi connectivity index (χ0n) is 16.2. The number of rotatable bonds is 4. The second-order valence-corrected chi connectivity index (χ2v) is 7.06. The summed E-state index contributed by atoms with van der Waals surface area (Å²) in [5, 5.41) is 16.8. The van der Waals surface area contributed by atoms with Crippen molar-refractivity contribution in [1.82, 2.24) is 4.57 Å². The number of hydrogen-bond acceptors (Lipinski definition) is 3. The first kappa shape index (κ1) is 21.1. The highest BCUT2D eigenvalue weighted by Gasteiger charge is 2.40. The number of benzene rings is 3. The van der Waals surface area contributed by atoms with Crippen molar-refractivity contribution in [2.24, 2.45) is 0 Å². The summed E-state index contributed by atoms with van der Waals surface area (Å²) in [7, 11) is 0. The van der Waals surface area contributed by atoms with Crippen molar-refractivity contribution in [3.63, 3.8) is 0 Å². The fraction of sp³-hybridized carbons (Fsp3) is 0.0435. The van der Waals surface area contributed by atoms with Crippen LogP contribution in [0.5, 0.6) is 0 Å². The van der Waals surface area contributed by atoms with Gasteiger partial charge in [-0.1, -0.05) is 12.1 Å². The Morgan fingerprint density at radius 2 is 1.66 bits per heavy atom. The van der Waals surface area contributed by atoms with Gasteiger partial charge in [-0.25, -0.2) is 9.18 Å². The van der Waals surface area contributed by atoms with Gasteiger partial charge in [0.1, 0.15) is 11.5 Å². The van der Waals surface area contributed by atoms with Crippen molar-refractivity contribution >= 4 is 28.8 Å². The molecular formula is C23H15F4N3O2. The van der Waals surface area contributed by atoms with Gasteiger partial charge in [-0.05, 0) is 54.1 Å². The van der Waals surface area contributed by atoms with Crippen LogP contribution in [0, 0.1) is 11.2 Å². The van der Waals surface area contributed by atoms with Crippen LogP contribution in [0.15, 0.2) is 60.7 Å². The number of alkyl halides is 3. The molecule has 0 radical (unpaired) electrons. The Morgan fingerprint density at radius 3 is 2.19 bits per heavy atom. The van der Waals surface area contributed by atoms with Gasteiger partial charge in [0.2, 0.25) is 0 Å². The van der Waals surface area contributed by atoms with Crippen molar-refractivity contribution in [1.29, 1.82) is 5.41 Å². The molecule has 0 aliphatic heterocycles. The number of carboxylic acid groups (broad SMARTS) is 1. The average molecular weight is 441 g/mol. The lowest BCUT2D eigenvalue weighted by atomic mass is 9.99. The molecule has 9 heteroatoms. The number of anilines is 1. The molecule has 0 aliphatic carbocycles. The largest absolute Gasteiger partial charge is 0.478 e. The number of halogens is 4. The smallest absolute Gasteiger partial charge is 0.432 e. The molecule has 0 saturated heterocycles. The lowest BCUT2D eigenvalue weighted by molar-refractivity contribution is -0.141. The predicted octanol–water partition coefficient (Wildman–Crippen LogP) is 5.73. The van der Waals surface area contributed by atoms with E-state index in [1.54, 1.807) is 0 Å². The summed E-state index contributed by atoms with van der Waals surface area (Å²) in [6, 6.07) is 12.3. The van der Waals surface area contributed by atoms with Crippen LogP contribution in [0.25, 0.3) is 27.7 Å². The number of carboxylic acids is 1. The van der Waals surface area contributed by atoms with Crippen molar-refractivity contribution in [3.8, 4) is 16.8 Å². The van der Waals surface area contributed by atoms with Crippen LogP contribution < -0.4 is 5.73 Å². The molecule has 4 N–H and O–H groups in total. The van der Waals surface area contributed by atoms with Crippen molar-refractivity contribution in [2.75, 3.05) is 5.73 Å². The quantitative estimate of drug-likeness (QED) is 0.214. The molecule has 0 spiro atoms. The molecule has 0 saturated carbocycles. The van der Waals surface area contributed by atoms with E-state index in [4.69, 9.17) is 16.2 Å². The maximum absolute atomic E-state index is 14.4. The van der Waals surface area contributed by atoms with Crippen molar-refractivity contribution in [3.05, 3.63) is 83.3 Å². The third-order valence-electron chi connectivity index (χ3n) is 5.10. The molecular weight excluding hydrogens is 426 g/mol. The number of aromatic nitrogens is 1. The molecule has 4 rings (SSSR count). The van der Waals surface area contributed by atoms with E-state index in [1.165, 1.54) is 48.5 Å². The van der Waals surface area contributed by atoms with Gasteiger partial charge in [0.05, 0.1) is 11.1 Å². The third-order valence-corrected chi connectivity index (χ3v) is 5.10. The topological polar surface area (TPSA) is 92.1 Å². The number of fused-ring (bicyclic) bond motifs is 1. The van der Waals surface area contributed by atoms with Gasteiger partial charge in [0.25, 0.3) is 0 Å². The molecule has 1 aromatic heterocycles. The van der Waals surface area contributed by atoms with E-state index in [0.29, 0.717) is 0 Å². The van der Waals surface area contributed by atoms with Crippen LogP contribution in [0.2, 0.25) is 0 Å². The normalized spacial score (nSPS) is 11.6. The Bertz CT molecular complexity index is 1360. The van der Waals surface area contributed by atoms with Crippen molar-refractivity contribution < 1.29 is 27.5 Å². The minimum atomic E-state index is -4.83. The number of hydrogen-bond donors (Lipinski definition) is 3. The molecule has 1 heterocycles. The highest BCUT2D eigenvalue weighted by molar-refractivity contribution is 6.04. The highest BCUT2D eigenvalue weighted by atomic mass is 19.4. The maximum atomic E-state index is 14.4. The number of nitrogen functional groups attached to an aromatic ring is 1. The number of nitrogens with one attached hydrogen (secondary N) is 1. The summed E-state index contributed by atoms with van der Waals surface area (Å²) in [4.78, 5) is 11.2. The van der Waals surface area contributed by atoms with Gasteiger partial charge in [0, 0.05) is 34.1 Å². The Labute approximate surface area is 178 Å². The van der Waals surface area contributed by atoms with E-state index >= 15 is 0 Å². The minimum absolute atomic E-state index is 0.0674. The molecule has 5 nitrogen and oxygen atoms in total. The van der Waals surface area contributed by atoms with Crippen LogP contribution in [-0.2, 0) is 6.18 Å². The Balaban J connectivity index is 2.17. The summed E-state index contributed by atoms with van der Waals surface area (Å²) >= 11 is 0. The van der Waals surface area contributed by atoms with Gasteiger partial charge >= 0.3 is 12.1 Å². The Kier molecular flexibility index (Phi) is 4.96. The first-order chi connectivity index (χ1) is 15.1. The maximum Gasteiger partial charge on any atom is 0.432 e. The number of nitrogens with zero attached hydrogens (tertiary/aromatic N) is 1. The Morgan fingerprint density at radius 1 is 1.03 bits per heavy atom. The summed E-state index contributed by atoms with van der Waals surface area (Å²) in [6.07, 6.45) is -3.89. The Hall–Kier alpha value is -4.14. The van der Waals surface area contributed by atoms with E-state index in [0.717, 1.165) is 22.9 Å². The second-order valence-electron chi connectivity index (χ2n) is 7.06. The summed E-state index contributed by atoms with van der Waals surface area (Å²) in [5.41, 5.74) is 5.33. The molecule has 162 valence electrons. The van der Waals surface area contributed by atoms with Crippen LogP contribution in [0.1, 0.15) is 21.6 Å². The second kappa shape index (κ2) is 7.52. The average Bonchev–Trinajstić information content (AvgIpc) is 3.08. The van der Waals surface area contributed by atoms with Crippen molar-refractivity contribution in [2.45, 2.75) is 6.18 Å². The van der Waals surface area contributed by atoms with Crippen LogP contribution in [0.4, 0.5) is 23.2 Å². The standard InChI is InChI=1S/C23H15F4N3O2/c24-15-5-7-16(8-6-15)30-19-9-14(11-28)18(29)10-17(19)20(21(30)23(25,26)27)12-1-3-13(4-2-12)22(31)32/h1-11,28H,29H2,(H,31,32). The van der Waals surface area contributed by atoms with E-state index in [1.807, 2.05) is 0 Å². The predicted molar refractivity (Wildman–Crippen MR) is 113 cm³/mol. The molecule has 0 bridgehead atoms. The molecule has 0 atom stereocenters. The van der Waals surface area contributed by atoms with Gasteiger partial charge in [0.15, 0.2) is 0 Å². The van der Waals surface area contributed by atoms with Crippen LogP contribution in [0.3, 0.4) is 0 Å². The minimum Gasteiger partial charge on any atom is -0.478 e. The lowest BCUT2D eigenvalue weighted by Gasteiger charge is -2.15. The summed E-state index contributed by atoms with van der Waals surface area (Å²) < 4.78 is 57.7. The van der Waals surface area contributed by atoms with Gasteiger partial charge in [-0.3, -0.25) is 0 Å². The van der Waals surface area contributed by atoms with E-state index in [9.17, 15) is 22.4 Å². The number of aromatic carboxylic acids is 1. The summed E-state index contributed by atoms with van der Waals surface area (Å²) in [5.74, 6) is -1.81. The molecule has 4 aromatic rings. The first-order valence-electron chi connectivity index (χ1n) is 9.27. The number of nitrogens with two attached hydrogens (primary N) is 1. The zero-order valence-corrected chi connectivity index (χ0v) is 16.2. The highest BCUT2D eigenvalue weighted by Crippen LogP contribution is 2.46. The van der Waals surface area contributed by atoms with Crippen LogP contribution in [-0.4, -0.2) is 21.9 Å². The zero-order chi connectivity index (χ0) is 23.2. The van der Waals surface area contributed by atoms with E-state index in [2.05, 4.69) is 0 Å². The monoisotopic (exact) mass is 441 g/mol. The molecule has 0 aliphatic rings. The van der Waals surface area contributed by atoms with Gasteiger partial charge < -0.3 is 20.8 Å². The first-order valence-corrected chi connectivity index (χ1v) is 9.27. The lowest BCUT2D eigenvalue weighted by Crippen LogP contribution is -2.13. The van der Waals surface area contributed by atoms with Gasteiger partial charge in [-0.2, -0.15) is 13.2 Å². The molecule has 3 aromatic carbocycles. The molecule has 0 amide bonds. The fourth-order valence-electron chi connectivity index (χ4n) is 3.69. The van der Waals surface area contributed by atoms with E-state index < -0.39 is 23.7 Å². The fourth-order valence-corrected chi connectivity index (χ4v) is 3.69. The summed E-state index contributed by atoms with van der Waals surface area (Å²) in [6.45, 7) is 0. The molecule has 0 unspecified atom stereocenters. The number of carbonyl (C=O) groups is 1. The SMILES string of the molecule is N=Cc1cc2c(cc1N)c(-c1ccc(C(=O)O)cc1)c(C(F)(F)F)n2-c1ccc(F)cc1.